The number of rotatable bonds is 5. The van der Waals surface area contributed by atoms with Crippen LogP contribution in [-0.4, -0.2) is 34.0 Å². The van der Waals surface area contributed by atoms with Crippen molar-refractivity contribution in [1.29, 1.82) is 0 Å². The summed E-state index contributed by atoms with van der Waals surface area (Å²) in [5.74, 6) is 0.174. The van der Waals surface area contributed by atoms with E-state index in [0.717, 1.165) is 25.1 Å². The van der Waals surface area contributed by atoms with Crippen LogP contribution in [0.4, 0.5) is 11.4 Å². The molecular weight excluding hydrogens is 362 g/mol. The van der Waals surface area contributed by atoms with Crippen molar-refractivity contribution >= 4 is 27.3 Å². The summed E-state index contributed by atoms with van der Waals surface area (Å²) in [6, 6.07) is 13.2. The summed E-state index contributed by atoms with van der Waals surface area (Å²) in [4.78, 5) is 14.0. The number of carbonyl (C=O) groups excluding carboxylic acids is 1. The molecule has 2 N–H and O–H groups in total. The normalized spacial score (nSPS) is 19.2. The summed E-state index contributed by atoms with van der Waals surface area (Å²) in [6.07, 6.45) is 1.19. The molecule has 1 amide bonds. The van der Waals surface area contributed by atoms with Crippen LogP contribution in [0.3, 0.4) is 0 Å². The molecule has 0 saturated carbocycles. The lowest BCUT2D eigenvalue weighted by atomic mass is 10.1. The molecule has 2 aromatic carbocycles. The molecule has 1 fully saturated rings. The van der Waals surface area contributed by atoms with Gasteiger partial charge in [-0.3, -0.25) is 4.79 Å². The van der Waals surface area contributed by atoms with E-state index in [0.29, 0.717) is 12.2 Å². The summed E-state index contributed by atoms with van der Waals surface area (Å²) >= 11 is 0. The topological polar surface area (TPSA) is 78.5 Å². The fraction of sp³-hybridized carbons (Fsp3) is 0.350. The highest BCUT2D eigenvalue weighted by Gasteiger charge is 2.26. The summed E-state index contributed by atoms with van der Waals surface area (Å²) in [5.41, 5.74) is 3.84. The quantitative estimate of drug-likeness (QED) is 0.828. The van der Waals surface area contributed by atoms with Gasteiger partial charge in [-0.15, -0.1) is 0 Å². The Kier molecular flexibility index (Phi) is 4.65. The highest BCUT2D eigenvalue weighted by molar-refractivity contribution is 7.89. The maximum Gasteiger partial charge on any atom is 0.240 e. The van der Waals surface area contributed by atoms with Gasteiger partial charge in [-0.25, -0.2) is 13.1 Å². The second kappa shape index (κ2) is 6.98. The summed E-state index contributed by atoms with van der Waals surface area (Å²) < 4.78 is 28.0. The Labute approximate surface area is 159 Å². The lowest BCUT2D eigenvalue weighted by Crippen LogP contribution is -2.31. The van der Waals surface area contributed by atoms with Gasteiger partial charge in [0.05, 0.1) is 11.3 Å². The standard InChI is InChI=1S/C20H23N3O3S/c1-14-2-4-17(5-3-14)23-9-8-15(13-23)12-21-27(25,26)18-6-7-19-16(10-18)11-20(24)22-19/h2-7,10,15,21H,8-9,11-13H2,1H3,(H,22,24). The van der Waals surface area contributed by atoms with E-state index in [1.165, 1.54) is 11.3 Å². The molecule has 27 heavy (non-hydrogen) atoms. The number of hydrogen-bond donors (Lipinski definition) is 2. The van der Waals surface area contributed by atoms with E-state index in [4.69, 9.17) is 0 Å². The molecule has 1 atom stereocenters. The third kappa shape index (κ3) is 3.84. The molecule has 0 radical (unpaired) electrons. The van der Waals surface area contributed by atoms with Crippen molar-refractivity contribution in [2.24, 2.45) is 5.92 Å². The molecule has 4 rings (SSSR count). The number of nitrogens with one attached hydrogen (secondary N) is 2. The van der Waals surface area contributed by atoms with Gasteiger partial charge in [-0.05, 0) is 55.2 Å². The Hall–Kier alpha value is -2.38. The maximum atomic E-state index is 12.6. The first-order valence-corrected chi connectivity index (χ1v) is 10.6. The number of nitrogens with zero attached hydrogens (tertiary/aromatic N) is 1. The van der Waals surface area contributed by atoms with Crippen molar-refractivity contribution in [3.05, 3.63) is 53.6 Å². The highest BCUT2D eigenvalue weighted by Crippen LogP contribution is 2.27. The molecule has 2 aliphatic rings. The second-order valence-electron chi connectivity index (χ2n) is 7.33. The van der Waals surface area contributed by atoms with Crippen LogP contribution in [0.5, 0.6) is 0 Å². The van der Waals surface area contributed by atoms with Gasteiger partial charge in [0, 0.05) is 31.0 Å². The van der Waals surface area contributed by atoms with Gasteiger partial charge in [0.1, 0.15) is 0 Å². The minimum absolute atomic E-state index is 0.102. The summed E-state index contributed by atoms with van der Waals surface area (Å²) in [7, 11) is -3.58. The van der Waals surface area contributed by atoms with E-state index in [2.05, 4.69) is 46.1 Å². The van der Waals surface area contributed by atoms with Crippen molar-refractivity contribution in [2.75, 3.05) is 29.9 Å². The number of aryl methyl sites for hydroxylation is 1. The first kappa shape index (κ1) is 18.0. The van der Waals surface area contributed by atoms with Gasteiger partial charge in [-0.2, -0.15) is 0 Å². The highest BCUT2D eigenvalue weighted by atomic mass is 32.2. The molecule has 7 heteroatoms. The number of hydrogen-bond acceptors (Lipinski definition) is 4. The minimum atomic E-state index is -3.58. The van der Waals surface area contributed by atoms with E-state index in [1.807, 2.05) is 0 Å². The first-order chi connectivity index (χ1) is 12.9. The van der Waals surface area contributed by atoms with Crippen LogP contribution in [0.25, 0.3) is 0 Å². The molecule has 2 heterocycles. The fourth-order valence-corrected chi connectivity index (χ4v) is 4.84. The van der Waals surface area contributed by atoms with Crippen molar-refractivity contribution in [1.82, 2.24) is 4.72 Å². The lowest BCUT2D eigenvalue weighted by molar-refractivity contribution is -0.115. The molecule has 6 nitrogen and oxygen atoms in total. The monoisotopic (exact) mass is 385 g/mol. The van der Waals surface area contributed by atoms with Gasteiger partial charge >= 0.3 is 0 Å². The van der Waals surface area contributed by atoms with Crippen molar-refractivity contribution in [3.8, 4) is 0 Å². The maximum absolute atomic E-state index is 12.6. The van der Waals surface area contributed by atoms with Gasteiger partial charge in [0.2, 0.25) is 15.9 Å². The first-order valence-electron chi connectivity index (χ1n) is 9.15. The zero-order valence-electron chi connectivity index (χ0n) is 15.2. The van der Waals surface area contributed by atoms with Crippen LogP contribution in [0.15, 0.2) is 47.4 Å². The van der Waals surface area contributed by atoms with E-state index >= 15 is 0 Å². The number of sulfonamides is 1. The number of anilines is 2. The average Bonchev–Trinajstić information content (AvgIpc) is 3.25. The SMILES string of the molecule is Cc1ccc(N2CCC(CNS(=O)(=O)c3ccc4c(c3)CC(=O)N4)C2)cc1. The molecule has 0 bridgehead atoms. The molecule has 2 aromatic rings. The Morgan fingerprint density at radius 2 is 1.96 bits per heavy atom. The minimum Gasteiger partial charge on any atom is -0.371 e. The largest absolute Gasteiger partial charge is 0.371 e. The average molecular weight is 385 g/mol. The summed E-state index contributed by atoms with van der Waals surface area (Å²) in [5, 5.41) is 2.72. The van der Waals surface area contributed by atoms with Crippen LogP contribution in [-0.2, 0) is 21.2 Å². The number of amides is 1. The third-order valence-electron chi connectivity index (χ3n) is 5.26. The Morgan fingerprint density at radius 3 is 2.74 bits per heavy atom. The third-order valence-corrected chi connectivity index (χ3v) is 6.68. The molecule has 1 saturated heterocycles. The Balaban J connectivity index is 1.38. The number of fused-ring (bicyclic) bond motifs is 1. The molecule has 142 valence electrons. The van der Waals surface area contributed by atoms with Crippen molar-refractivity contribution in [3.63, 3.8) is 0 Å². The van der Waals surface area contributed by atoms with Crippen LogP contribution in [0.2, 0.25) is 0 Å². The van der Waals surface area contributed by atoms with Crippen LogP contribution in [0, 0.1) is 12.8 Å². The molecule has 0 aromatic heterocycles. The number of carbonyl (C=O) groups is 1. The molecule has 0 aliphatic carbocycles. The van der Waals surface area contributed by atoms with Crippen LogP contribution >= 0.6 is 0 Å². The van der Waals surface area contributed by atoms with Crippen molar-refractivity contribution < 1.29 is 13.2 Å². The van der Waals surface area contributed by atoms with Crippen LogP contribution < -0.4 is 14.9 Å². The van der Waals surface area contributed by atoms with E-state index < -0.39 is 10.0 Å². The van der Waals surface area contributed by atoms with E-state index in [1.54, 1.807) is 18.2 Å². The molecular formula is C20H23N3O3S. The van der Waals surface area contributed by atoms with Gasteiger partial charge < -0.3 is 10.2 Å². The number of benzene rings is 2. The zero-order chi connectivity index (χ0) is 19.0. The van der Waals surface area contributed by atoms with Gasteiger partial charge in [-0.1, -0.05) is 17.7 Å². The van der Waals surface area contributed by atoms with Gasteiger partial charge in [0.15, 0.2) is 0 Å². The smallest absolute Gasteiger partial charge is 0.240 e. The Bertz CT molecular complexity index is 970. The van der Waals surface area contributed by atoms with Crippen molar-refractivity contribution in [2.45, 2.75) is 24.7 Å². The molecule has 0 spiro atoms. The van der Waals surface area contributed by atoms with E-state index in [-0.39, 0.29) is 23.1 Å². The predicted octanol–water partition coefficient (Wildman–Crippen LogP) is 2.29. The van der Waals surface area contributed by atoms with E-state index in [9.17, 15) is 13.2 Å². The second-order valence-corrected chi connectivity index (χ2v) is 9.10. The zero-order valence-corrected chi connectivity index (χ0v) is 16.1. The fourth-order valence-electron chi connectivity index (χ4n) is 3.67. The Morgan fingerprint density at radius 1 is 1.19 bits per heavy atom. The summed E-state index contributed by atoms with van der Waals surface area (Å²) in [6.45, 7) is 4.26. The van der Waals surface area contributed by atoms with Gasteiger partial charge in [0.25, 0.3) is 0 Å². The molecule has 2 aliphatic heterocycles. The lowest BCUT2D eigenvalue weighted by Gasteiger charge is -2.19. The predicted molar refractivity (Wildman–Crippen MR) is 105 cm³/mol. The molecule has 1 unspecified atom stereocenters. The van der Waals surface area contributed by atoms with Crippen LogP contribution in [0.1, 0.15) is 17.5 Å².